The van der Waals surface area contributed by atoms with Gasteiger partial charge in [-0.15, -0.1) is 0 Å². The number of aromatic nitrogens is 1. The number of rotatable bonds is 3. The smallest absolute Gasteiger partial charge is 0.253 e. The molecule has 0 spiro atoms. The molecule has 2 aromatic rings. The van der Waals surface area contributed by atoms with Crippen LogP contribution in [0.2, 0.25) is 0 Å². The Labute approximate surface area is 149 Å². The Morgan fingerprint density at radius 2 is 1.88 bits per heavy atom. The molecule has 1 amide bonds. The van der Waals surface area contributed by atoms with Gasteiger partial charge in [0.05, 0.1) is 5.52 Å². The highest BCUT2D eigenvalue weighted by Crippen LogP contribution is 2.21. The van der Waals surface area contributed by atoms with Gasteiger partial charge in [0.15, 0.2) is 0 Å². The van der Waals surface area contributed by atoms with Gasteiger partial charge in [-0.05, 0) is 38.1 Å². The number of piperazine rings is 1. The summed E-state index contributed by atoms with van der Waals surface area (Å²) >= 11 is 0. The van der Waals surface area contributed by atoms with Crippen LogP contribution in [0, 0.1) is 0 Å². The summed E-state index contributed by atoms with van der Waals surface area (Å²) in [5, 5.41) is 1.02. The van der Waals surface area contributed by atoms with Crippen molar-refractivity contribution >= 4 is 16.8 Å². The Balaban J connectivity index is 1.34. The molecule has 3 heterocycles. The summed E-state index contributed by atoms with van der Waals surface area (Å²) in [5.74, 6) is 0.141. The van der Waals surface area contributed by atoms with Gasteiger partial charge in [0.1, 0.15) is 0 Å². The zero-order valence-electron chi connectivity index (χ0n) is 15.1. The first-order chi connectivity index (χ1) is 12.1. The standard InChI is InChI=1S/C20H26N4O/c1-15(2)22-8-10-23(11-9-22)18-13-24(14-18)20(25)17-5-6-19-16(12-17)4-3-7-21-19/h3-7,12,15,18H,8-11,13-14H2,1-2H3. The number of amides is 1. The fraction of sp³-hybridized carbons (Fsp3) is 0.500. The van der Waals surface area contributed by atoms with Crippen LogP contribution in [0.5, 0.6) is 0 Å². The third kappa shape index (κ3) is 3.26. The number of carbonyl (C=O) groups excluding carboxylic acids is 1. The average Bonchev–Trinajstić information content (AvgIpc) is 2.60. The Kier molecular flexibility index (Phi) is 4.44. The van der Waals surface area contributed by atoms with Crippen molar-refractivity contribution in [1.29, 1.82) is 0 Å². The van der Waals surface area contributed by atoms with E-state index in [4.69, 9.17) is 0 Å². The minimum absolute atomic E-state index is 0.141. The minimum Gasteiger partial charge on any atom is -0.335 e. The van der Waals surface area contributed by atoms with Crippen molar-refractivity contribution in [2.45, 2.75) is 25.9 Å². The summed E-state index contributed by atoms with van der Waals surface area (Å²) in [6.07, 6.45) is 1.78. The second-order valence-electron chi connectivity index (χ2n) is 7.44. The van der Waals surface area contributed by atoms with Crippen molar-refractivity contribution < 1.29 is 4.79 Å². The largest absolute Gasteiger partial charge is 0.335 e. The maximum atomic E-state index is 12.7. The monoisotopic (exact) mass is 338 g/mol. The quantitative estimate of drug-likeness (QED) is 0.859. The van der Waals surface area contributed by atoms with E-state index < -0.39 is 0 Å². The molecular formula is C20H26N4O. The zero-order chi connectivity index (χ0) is 17.4. The van der Waals surface area contributed by atoms with E-state index in [1.807, 2.05) is 35.2 Å². The van der Waals surface area contributed by atoms with Crippen molar-refractivity contribution in [2.24, 2.45) is 0 Å². The minimum atomic E-state index is 0.141. The number of hydrogen-bond acceptors (Lipinski definition) is 4. The predicted octanol–water partition coefficient (Wildman–Crippen LogP) is 2.09. The lowest BCUT2D eigenvalue weighted by molar-refractivity contribution is 0.00318. The SMILES string of the molecule is CC(C)N1CCN(C2CN(C(=O)c3ccc4ncccc4c3)C2)CC1. The molecule has 5 nitrogen and oxygen atoms in total. The fourth-order valence-corrected chi connectivity index (χ4v) is 3.86. The molecule has 0 aliphatic carbocycles. The molecule has 0 bridgehead atoms. The van der Waals surface area contributed by atoms with Crippen LogP contribution in [0.3, 0.4) is 0 Å². The third-order valence-corrected chi connectivity index (χ3v) is 5.59. The topological polar surface area (TPSA) is 39.7 Å². The van der Waals surface area contributed by atoms with Crippen LogP contribution >= 0.6 is 0 Å². The highest BCUT2D eigenvalue weighted by atomic mass is 16.2. The van der Waals surface area contributed by atoms with Crippen molar-refractivity contribution in [1.82, 2.24) is 19.7 Å². The molecule has 4 rings (SSSR count). The first kappa shape index (κ1) is 16.5. The summed E-state index contributed by atoms with van der Waals surface area (Å²) in [4.78, 5) is 24.1. The van der Waals surface area contributed by atoms with Crippen LogP contribution in [0.1, 0.15) is 24.2 Å². The van der Waals surface area contributed by atoms with Gasteiger partial charge in [-0.25, -0.2) is 0 Å². The highest BCUT2D eigenvalue weighted by molar-refractivity contribution is 5.98. The lowest BCUT2D eigenvalue weighted by atomic mass is 10.0. The molecule has 132 valence electrons. The van der Waals surface area contributed by atoms with Gasteiger partial charge in [0, 0.05) is 68.5 Å². The molecular weight excluding hydrogens is 312 g/mol. The van der Waals surface area contributed by atoms with Crippen molar-refractivity contribution in [3.8, 4) is 0 Å². The first-order valence-electron chi connectivity index (χ1n) is 9.24. The molecule has 2 saturated heterocycles. The lowest BCUT2D eigenvalue weighted by Crippen LogP contribution is -2.64. The summed E-state index contributed by atoms with van der Waals surface area (Å²) in [6.45, 7) is 10.7. The zero-order valence-corrected chi connectivity index (χ0v) is 15.1. The fourth-order valence-electron chi connectivity index (χ4n) is 3.86. The molecule has 0 N–H and O–H groups in total. The first-order valence-corrected chi connectivity index (χ1v) is 9.24. The highest BCUT2D eigenvalue weighted by Gasteiger charge is 2.36. The van der Waals surface area contributed by atoms with Gasteiger partial charge in [0.2, 0.25) is 0 Å². The van der Waals surface area contributed by atoms with Gasteiger partial charge < -0.3 is 4.90 Å². The number of nitrogens with zero attached hydrogens (tertiary/aromatic N) is 4. The number of carbonyl (C=O) groups is 1. The van der Waals surface area contributed by atoms with Gasteiger partial charge in [-0.2, -0.15) is 0 Å². The molecule has 25 heavy (non-hydrogen) atoms. The summed E-state index contributed by atoms with van der Waals surface area (Å²) < 4.78 is 0. The maximum absolute atomic E-state index is 12.7. The lowest BCUT2D eigenvalue weighted by Gasteiger charge is -2.48. The normalized spacial score (nSPS) is 20.2. The Morgan fingerprint density at radius 1 is 1.12 bits per heavy atom. The summed E-state index contributed by atoms with van der Waals surface area (Å²) in [6, 6.07) is 10.9. The molecule has 0 atom stereocenters. The van der Waals surface area contributed by atoms with E-state index in [-0.39, 0.29) is 5.91 Å². The number of benzene rings is 1. The van der Waals surface area contributed by atoms with E-state index in [0.29, 0.717) is 12.1 Å². The number of pyridine rings is 1. The molecule has 1 aromatic carbocycles. The van der Waals surface area contributed by atoms with Crippen molar-refractivity contribution in [3.05, 3.63) is 42.1 Å². The molecule has 0 saturated carbocycles. The number of fused-ring (bicyclic) bond motifs is 1. The second kappa shape index (κ2) is 6.73. The van der Waals surface area contributed by atoms with Crippen molar-refractivity contribution in [3.63, 3.8) is 0 Å². The van der Waals surface area contributed by atoms with E-state index in [0.717, 1.165) is 55.7 Å². The number of likely N-dealkylation sites (tertiary alicyclic amines) is 1. The Hall–Kier alpha value is -1.98. The van der Waals surface area contributed by atoms with Crippen LogP contribution in [0.4, 0.5) is 0 Å². The molecule has 2 aliphatic rings. The van der Waals surface area contributed by atoms with E-state index in [9.17, 15) is 4.79 Å². The van der Waals surface area contributed by atoms with Crippen LogP contribution in [0.25, 0.3) is 10.9 Å². The number of hydrogen-bond donors (Lipinski definition) is 0. The van der Waals surface area contributed by atoms with Gasteiger partial charge in [0.25, 0.3) is 5.91 Å². The van der Waals surface area contributed by atoms with Gasteiger partial charge in [-0.1, -0.05) is 6.07 Å². The molecule has 1 aromatic heterocycles. The second-order valence-corrected chi connectivity index (χ2v) is 7.44. The van der Waals surface area contributed by atoms with Crippen molar-refractivity contribution in [2.75, 3.05) is 39.3 Å². The molecule has 5 heteroatoms. The summed E-state index contributed by atoms with van der Waals surface area (Å²) in [5.41, 5.74) is 1.70. The molecule has 0 unspecified atom stereocenters. The van der Waals surface area contributed by atoms with E-state index in [1.165, 1.54) is 0 Å². The average molecular weight is 338 g/mol. The molecule has 0 radical (unpaired) electrons. The van der Waals surface area contributed by atoms with E-state index in [2.05, 4.69) is 28.6 Å². The Morgan fingerprint density at radius 3 is 2.60 bits per heavy atom. The maximum Gasteiger partial charge on any atom is 0.253 e. The van der Waals surface area contributed by atoms with Crippen LogP contribution in [0.15, 0.2) is 36.5 Å². The van der Waals surface area contributed by atoms with E-state index >= 15 is 0 Å². The predicted molar refractivity (Wildman–Crippen MR) is 99.7 cm³/mol. The van der Waals surface area contributed by atoms with Crippen LogP contribution in [-0.4, -0.2) is 76.9 Å². The van der Waals surface area contributed by atoms with E-state index in [1.54, 1.807) is 6.20 Å². The molecule has 2 aliphatic heterocycles. The Bertz CT molecular complexity index is 761. The summed E-state index contributed by atoms with van der Waals surface area (Å²) in [7, 11) is 0. The van der Waals surface area contributed by atoms with Crippen LogP contribution < -0.4 is 0 Å². The van der Waals surface area contributed by atoms with Crippen LogP contribution in [-0.2, 0) is 0 Å². The third-order valence-electron chi connectivity index (χ3n) is 5.59. The van der Waals surface area contributed by atoms with Gasteiger partial charge >= 0.3 is 0 Å². The molecule has 2 fully saturated rings. The van der Waals surface area contributed by atoms with Gasteiger partial charge in [-0.3, -0.25) is 19.6 Å².